The van der Waals surface area contributed by atoms with Crippen molar-refractivity contribution in [2.45, 2.75) is 56.9 Å². The Morgan fingerprint density at radius 1 is 1.50 bits per heavy atom. The molecule has 0 saturated heterocycles. The highest BCUT2D eigenvalue weighted by Gasteiger charge is 2.32. The van der Waals surface area contributed by atoms with Crippen LogP contribution in [0.5, 0.6) is 0 Å². The van der Waals surface area contributed by atoms with Crippen molar-refractivity contribution < 1.29 is 9.53 Å². The first-order valence-corrected chi connectivity index (χ1v) is 7.02. The Balaban J connectivity index is 2.37. The lowest BCUT2D eigenvalue weighted by Crippen LogP contribution is -2.47. The zero-order valence-corrected chi connectivity index (χ0v) is 11.5. The van der Waals surface area contributed by atoms with Gasteiger partial charge in [-0.25, -0.2) is 0 Å². The molecule has 1 N–H and O–H groups in total. The summed E-state index contributed by atoms with van der Waals surface area (Å²) >= 11 is 2.00. The van der Waals surface area contributed by atoms with Gasteiger partial charge in [-0.3, -0.25) is 4.79 Å². The zero-order chi connectivity index (χ0) is 12.2. The second-order valence-corrected chi connectivity index (χ2v) is 6.35. The van der Waals surface area contributed by atoms with Gasteiger partial charge in [0.15, 0.2) is 0 Å². The average molecular weight is 245 g/mol. The first kappa shape index (κ1) is 13.8. The van der Waals surface area contributed by atoms with E-state index in [0.717, 1.165) is 23.8 Å². The third-order valence-electron chi connectivity index (χ3n) is 3.18. The minimum Gasteiger partial charge on any atom is -0.369 e. The predicted molar refractivity (Wildman–Crippen MR) is 68.8 cm³/mol. The molecule has 0 radical (unpaired) electrons. The van der Waals surface area contributed by atoms with Gasteiger partial charge in [0.05, 0.1) is 0 Å². The van der Waals surface area contributed by atoms with Crippen molar-refractivity contribution in [1.29, 1.82) is 0 Å². The van der Waals surface area contributed by atoms with E-state index in [-0.39, 0.29) is 5.91 Å². The fraction of sp³-hybridized carbons (Fsp3) is 0.917. The van der Waals surface area contributed by atoms with Crippen molar-refractivity contribution in [2.24, 2.45) is 0 Å². The molecule has 1 aliphatic carbocycles. The van der Waals surface area contributed by atoms with Crippen LogP contribution in [0.15, 0.2) is 0 Å². The van der Waals surface area contributed by atoms with Gasteiger partial charge < -0.3 is 10.1 Å². The van der Waals surface area contributed by atoms with Gasteiger partial charge >= 0.3 is 0 Å². The Hall–Kier alpha value is -0.220. The van der Waals surface area contributed by atoms with Crippen molar-refractivity contribution >= 4 is 17.7 Å². The van der Waals surface area contributed by atoms with E-state index in [1.807, 2.05) is 11.8 Å². The highest BCUT2D eigenvalue weighted by molar-refractivity contribution is 7.99. The largest absolute Gasteiger partial charge is 0.369 e. The Kier molecular flexibility index (Phi) is 5.12. The van der Waals surface area contributed by atoms with Gasteiger partial charge in [0.1, 0.15) is 5.60 Å². The standard InChI is InChI=1S/C12H23NO2S/c1-5-16-10-7-6-9(8-10)13-11(14)12(2,3)15-4/h9-10H,5-8H2,1-4H3,(H,13,14). The molecule has 0 aromatic heterocycles. The molecule has 1 saturated carbocycles. The predicted octanol–water partition coefficient (Wildman–Crippen LogP) is 2.20. The average Bonchev–Trinajstić information content (AvgIpc) is 2.66. The number of rotatable bonds is 5. The van der Waals surface area contributed by atoms with Crippen LogP contribution in [0.2, 0.25) is 0 Å². The number of carbonyl (C=O) groups is 1. The molecule has 0 aromatic rings. The molecule has 16 heavy (non-hydrogen) atoms. The summed E-state index contributed by atoms with van der Waals surface area (Å²) in [6.07, 6.45) is 3.42. The van der Waals surface area contributed by atoms with Crippen LogP contribution in [-0.4, -0.2) is 35.7 Å². The van der Waals surface area contributed by atoms with Crippen LogP contribution in [0.4, 0.5) is 0 Å². The first-order valence-electron chi connectivity index (χ1n) is 5.97. The Morgan fingerprint density at radius 3 is 2.75 bits per heavy atom. The summed E-state index contributed by atoms with van der Waals surface area (Å²) in [6.45, 7) is 5.79. The van der Waals surface area contributed by atoms with Crippen molar-refractivity contribution in [3.8, 4) is 0 Å². The van der Waals surface area contributed by atoms with Crippen molar-refractivity contribution in [1.82, 2.24) is 5.32 Å². The monoisotopic (exact) mass is 245 g/mol. The highest BCUT2D eigenvalue weighted by Crippen LogP contribution is 2.29. The van der Waals surface area contributed by atoms with Gasteiger partial charge in [-0.1, -0.05) is 6.92 Å². The minimum atomic E-state index is -0.712. The summed E-state index contributed by atoms with van der Waals surface area (Å²) in [5, 5.41) is 3.80. The first-order chi connectivity index (χ1) is 7.49. The van der Waals surface area contributed by atoms with E-state index >= 15 is 0 Å². The van der Waals surface area contributed by atoms with E-state index in [4.69, 9.17) is 4.74 Å². The highest BCUT2D eigenvalue weighted by atomic mass is 32.2. The topological polar surface area (TPSA) is 38.3 Å². The Labute approximate surface area is 103 Å². The number of thioether (sulfide) groups is 1. The lowest BCUT2D eigenvalue weighted by atomic mass is 10.1. The molecular weight excluding hydrogens is 222 g/mol. The van der Waals surface area contributed by atoms with Gasteiger partial charge in [-0.05, 0) is 38.9 Å². The second-order valence-electron chi connectivity index (χ2n) is 4.78. The number of nitrogens with one attached hydrogen (secondary N) is 1. The fourth-order valence-corrected chi connectivity index (χ4v) is 3.05. The molecule has 1 fully saturated rings. The molecule has 1 amide bonds. The van der Waals surface area contributed by atoms with Crippen LogP contribution in [0, 0.1) is 0 Å². The fourth-order valence-electron chi connectivity index (χ4n) is 1.91. The summed E-state index contributed by atoms with van der Waals surface area (Å²) in [7, 11) is 1.57. The molecule has 4 heteroatoms. The Bertz CT molecular complexity index is 243. The number of hydrogen-bond acceptors (Lipinski definition) is 3. The van der Waals surface area contributed by atoms with Crippen molar-refractivity contribution in [3.63, 3.8) is 0 Å². The summed E-state index contributed by atoms with van der Waals surface area (Å²) < 4.78 is 5.17. The molecule has 1 aliphatic rings. The van der Waals surface area contributed by atoms with E-state index in [2.05, 4.69) is 12.2 Å². The van der Waals surface area contributed by atoms with Crippen LogP contribution in [0.1, 0.15) is 40.0 Å². The minimum absolute atomic E-state index is 0.00199. The maximum Gasteiger partial charge on any atom is 0.251 e. The van der Waals surface area contributed by atoms with Gasteiger partial charge in [0.2, 0.25) is 0 Å². The molecule has 0 heterocycles. The summed E-state index contributed by atoms with van der Waals surface area (Å²) in [5.74, 6) is 1.16. The smallest absolute Gasteiger partial charge is 0.251 e. The van der Waals surface area contributed by atoms with Gasteiger partial charge in [-0.15, -0.1) is 0 Å². The molecule has 2 unspecified atom stereocenters. The second kappa shape index (κ2) is 5.92. The number of hydrogen-bond donors (Lipinski definition) is 1. The molecule has 2 atom stereocenters. The van der Waals surface area contributed by atoms with E-state index in [1.54, 1.807) is 21.0 Å². The number of ether oxygens (including phenoxy) is 1. The molecule has 0 aromatic carbocycles. The third kappa shape index (κ3) is 3.67. The molecule has 0 bridgehead atoms. The normalized spacial score (nSPS) is 25.8. The summed E-state index contributed by atoms with van der Waals surface area (Å²) in [4.78, 5) is 11.9. The maximum absolute atomic E-state index is 11.9. The quantitative estimate of drug-likeness (QED) is 0.807. The van der Waals surface area contributed by atoms with Crippen LogP contribution < -0.4 is 5.32 Å². The number of methoxy groups -OCH3 is 1. The molecule has 94 valence electrons. The van der Waals surface area contributed by atoms with Crippen LogP contribution in [0.3, 0.4) is 0 Å². The van der Waals surface area contributed by atoms with Gasteiger partial charge in [0.25, 0.3) is 5.91 Å². The van der Waals surface area contributed by atoms with E-state index in [9.17, 15) is 4.79 Å². The summed E-state index contributed by atoms with van der Waals surface area (Å²) in [6, 6.07) is 0.339. The van der Waals surface area contributed by atoms with E-state index in [1.165, 1.54) is 6.42 Å². The molecular formula is C12H23NO2S. The number of carbonyl (C=O) groups excluding carboxylic acids is 1. The van der Waals surface area contributed by atoms with Gasteiger partial charge in [-0.2, -0.15) is 11.8 Å². The lowest BCUT2D eigenvalue weighted by Gasteiger charge is -2.24. The van der Waals surface area contributed by atoms with E-state index < -0.39 is 5.60 Å². The molecule has 1 rings (SSSR count). The van der Waals surface area contributed by atoms with Crippen molar-refractivity contribution in [3.05, 3.63) is 0 Å². The third-order valence-corrected chi connectivity index (χ3v) is 4.41. The Morgan fingerprint density at radius 2 is 2.19 bits per heavy atom. The maximum atomic E-state index is 11.9. The van der Waals surface area contributed by atoms with Gasteiger partial charge in [0, 0.05) is 18.4 Å². The van der Waals surface area contributed by atoms with Crippen LogP contribution in [-0.2, 0) is 9.53 Å². The number of amides is 1. The molecule has 0 aliphatic heterocycles. The van der Waals surface area contributed by atoms with E-state index in [0.29, 0.717) is 6.04 Å². The van der Waals surface area contributed by atoms with Crippen molar-refractivity contribution in [2.75, 3.05) is 12.9 Å². The zero-order valence-electron chi connectivity index (χ0n) is 10.7. The molecule has 3 nitrogen and oxygen atoms in total. The SMILES string of the molecule is CCSC1CCC(NC(=O)C(C)(C)OC)C1. The van der Waals surface area contributed by atoms with Crippen LogP contribution >= 0.6 is 11.8 Å². The molecule has 0 spiro atoms. The van der Waals surface area contributed by atoms with Crippen LogP contribution in [0.25, 0.3) is 0 Å². The summed E-state index contributed by atoms with van der Waals surface area (Å²) in [5.41, 5.74) is -0.712. The lowest BCUT2D eigenvalue weighted by molar-refractivity contribution is -0.140.